The van der Waals surface area contributed by atoms with Gasteiger partial charge < -0.3 is 4.90 Å². The number of aromatic nitrogens is 4. The highest BCUT2D eigenvalue weighted by Crippen LogP contribution is 2.25. The van der Waals surface area contributed by atoms with Crippen molar-refractivity contribution in [3.8, 4) is 16.9 Å². The average molecular weight is 419 g/mol. The third-order valence-corrected chi connectivity index (χ3v) is 5.33. The van der Waals surface area contributed by atoms with Gasteiger partial charge in [-0.3, -0.25) is 9.78 Å². The van der Waals surface area contributed by atoms with Crippen LogP contribution in [0.4, 0.5) is 0 Å². The summed E-state index contributed by atoms with van der Waals surface area (Å²) in [5.74, 6) is -0.0683. The second-order valence-electron chi connectivity index (χ2n) is 7.60. The quantitative estimate of drug-likeness (QED) is 0.412. The zero-order chi connectivity index (χ0) is 21.9. The van der Waals surface area contributed by atoms with E-state index in [2.05, 4.69) is 10.1 Å². The maximum atomic E-state index is 13.5. The molecule has 0 spiro atoms. The Balaban J connectivity index is 1.46. The van der Waals surface area contributed by atoms with E-state index < -0.39 is 0 Å². The van der Waals surface area contributed by atoms with Crippen molar-refractivity contribution in [2.75, 3.05) is 7.05 Å². The van der Waals surface area contributed by atoms with Crippen LogP contribution in [-0.4, -0.2) is 37.6 Å². The van der Waals surface area contributed by atoms with Crippen molar-refractivity contribution >= 4 is 16.8 Å². The fourth-order valence-electron chi connectivity index (χ4n) is 3.73. The number of amides is 1. The number of para-hydroxylation sites is 2. The molecular formula is C26H21N5O. The molecule has 0 aliphatic rings. The number of hydrogen-bond acceptors (Lipinski definition) is 4. The molecule has 0 saturated heterocycles. The van der Waals surface area contributed by atoms with Crippen LogP contribution in [0.15, 0.2) is 97.6 Å². The number of benzene rings is 2. The van der Waals surface area contributed by atoms with Crippen LogP contribution in [-0.2, 0) is 6.54 Å². The summed E-state index contributed by atoms with van der Waals surface area (Å²) in [7, 11) is 1.81. The van der Waals surface area contributed by atoms with Gasteiger partial charge in [0.15, 0.2) is 0 Å². The van der Waals surface area contributed by atoms with Crippen LogP contribution in [0.3, 0.4) is 0 Å². The van der Waals surface area contributed by atoms with Gasteiger partial charge in [0.05, 0.1) is 28.7 Å². The summed E-state index contributed by atoms with van der Waals surface area (Å²) in [5, 5.41) is 5.27. The van der Waals surface area contributed by atoms with E-state index in [0.29, 0.717) is 12.1 Å². The first-order chi connectivity index (χ1) is 15.7. The van der Waals surface area contributed by atoms with E-state index in [1.165, 1.54) is 0 Å². The van der Waals surface area contributed by atoms with Gasteiger partial charge in [0, 0.05) is 48.7 Å². The van der Waals surface area contributed by atoms with Crippen LogP contribution in [0, 0.1) is 0 Å². The normalized spacial score (nSPS) is 10.9. The van der Waals surface area contributed by atoms with Crippen LogP contribution >= 0.6 is 0 Å². The Bertz CT molecular complexity index is 1380. The number of hydrogen-bond donors (Lipinski definition) is 0. The molecule has 3 aromatic heterocycles. The van der Waals surface area contributed by atoms with Gasteiger partial charge in [-0.2, -0.15) is 5.10 Å². The molecule has 156 valence electrons. The standard InChI is InChI=1S/C26H21N5O/c1-30(17-19-15-28-31(18-19)21-9-3-2-4-10-21)26(32)23-14-25(20-8-7-13-27-16-20)29-24-12-6-5-11-22(23)24/h2-16,18H,17H2,1H3. The molecule has 0 saturated carbocycles. The summed E-state index contributed by atoms with van der Waals surface area (Å²) in [4.78, 5) is 24.1. The summed E-state index contributed by atoms with van der Waals surface area (Å²) in [6.45, 7) is 0.449. The molecule has 0 aliphatic heterocycles. The van der Waals surface area contributed by atoms with E-state index >= 15 is 0 Å². The van der Waals surface area contributed by atoms with Crippen LogP contribution in [0.2, 0.25) is 0 Å². The minimum Gasteiger partial charge on any atom is -0.337 e. The zero-order valence-corrected chi connectivity index (χ0v) is 17.6. The number of carbonyl (C=O) groups is 1. The van der Waals surface area contributed by atoms with Gasteiger partial charge in [0.2, 0.25) is 0 Å². The second-order valence-corrected chi connectivity index (χ2v) is 7.60. The number of fused-ring (bicyclic) bond motifs is 1. The molecule has 2 aromatic carbocycles. The molecule has 0 bridgehead atoms. The SMILES string of the molecule is CN(Cc1cnn(-c2ccccc2)c1)C(=O)c1cc(-c2cccnc2)nc2ccccc12. The lowest BCUT2D eigenvalue weighted by molar-refractivity contribution is 0.0787. The van der Waals surface area contributed by atoms with Gasteiger partial charge in [0.1, 0.15) is 0 Å². The molecule has 6 nitrogen and oxygen atoms in total. The Morgan fingerprint density at radius 3 is 2.59 bits per heavy atom. The van der Waals surface area contributed by atoms with E-state index in [4.69, 9.17) is 4.98 Å². The predicted octanol–water partition coefficient (Wildman–Crippen LogP) is 4.75. The van der Waals surface area contributed by atoms with Gasteiger partial charge in [-0.25, -0.2) is 9.67 Å². The molecule has 0 fully saturated rings. The lowest BCUT2D eigenvalue weighted by Crippen LogP contribution is -2.26. The largest absolute Gasteiger partial charge is 0.337 e. The van der Waals surface area contributed by atoms with E-state index in [0.717, 1.165) is 33.4 Å². The fourth-order valence-corrected chi connectivity index (χ4v) is 3.73. The fraction of sp³-hybridized carbons (Fsp3) is 0.0769. The monoisotopic (exact) mass is 419 g/mol. The lowest BCUT2D eigenvalue weighted by Gasteiger charge is -2.18. The summed E-state index contributed by atoms with van der Waals surface area (Å²) in [6.07, 6.45) is 7.22. The molecule has 5 rings (SSSR count). The second kappa shape index (κ2) is 8.43. The molecule has 1 amide bonds. The maximum Gasteiger partial charge on any atom is 0.254 e. The van der Waals surface area contributed by atoms with Crippen LogP contribution in [0.1, 0.15) is 15.9 Å². The highest BCUT2D eigenvalue weighted by Gasteiger charge is 2.18. The Morgan fingerprint density at radius 2 is 1.78 bits per heavy atom. The molecule has 0 N–H and O–H groups in total. The molecule has 32 heavy (non-hydrogen) atoms. The molecule has 6 heteroatoms. The molecule has 0 aliphatic carbocycles. The summed E-state index contributed by atoms with van der Waals surface area (Å²) in [6, 6.07) is 23.3. The van der Waals surface area contributed by atoms with Gasteiger partial charge in [0.25, 0.3) is 5.91 Å². The molecular weight excluding hydrogens is 398 g/mol. The third-order valence-electron chi connectivity index (χ3n) is 5.33. The summed E-state index contributed by atoms with van der Waals surface area (Å²) in [5.41, 5.74) is 4.93. The Hall–Kier alpha value is -4.32. The highest BCUT2D eigenvalue weighted by atomic mass is 16.2. The Kier molecular flexibility index (Phi) is 5.17. The van der Waals surface area contributed by atoms with Crippen LogP contribution in [0.5, 0.6) is 0 Å². The number of rotatable bonds is 5. The van der Waals surface area contributed by atoms with Crippen molar-refractivity contribution in [2.24, 2.45) is 0 Å². The van der Waals surface area contributed by atoms with Crippen molar-refractivity contribution in [3.63, 3.8) is 0 Å². The van der Waals surface area contributed by atoms with Crippen molar-refractivity contribution in [3.05, 3.63) is 109 Å². The minimum atomic E-state index is -0.0683. The first-order valence-electron chi connectivity index (χ1n) is 10.3. The van der Waals surface area contributed by atoms with Crippen molar-refractivity contribution < 1.29 is 4.79 Å². The first-order valence-corrected chi connectivity index (χ1v) is 10.3. The summed E-state index contributed by atoms with van der Waals surface area (Å²) >= 11 is 0. The van der Waals surface area contributed by atoms with Gasteiger partial charge in [-0.15, -0.1) is 0 Å². The first kappa shape index (κ1) is 19.6. The number of pyridine rings is 2. The number of carbonyl (C=O) groups excluding carboxylic acids is 1. The van der Waals surface area contributed by atoms with E-state index in [1.54, 1.807) is 30.5 Å². The zero-order valence-electron chi connectivity index (χ0n) is 17.6. The molecule has 0 radical (unpaired) electrons. The average Bonchev–Trinajstić information content (AvgIpc) is 3.32. The predicted molar refractivity (Wildman–Crippen MR) is 124 cm³/mol. The van der Waals surface area contributed by atoms with E-state index in [9.17, 15) is 4.79 Å². The van der Waals surface area contributed by atoms with Gasteiger partial charge in [-0.05, 0) is 36.4 Å². The highest BCUT2D eigenvalue weighted by molar-refractivity contribution is 6.07. The molecule has 5 aromatic rings. The smallest absolute Gasteiger partial charge is 0.254 e. The van der Waals surface area contributed by atoms with E-state index in [1.807, 2.05) is 83.7 Å². The van der Waals surface area contributed by atoms with E-state index in [-0.39, 0.29) is 5.91 Å². The molecule has 0 atom stereocenters. The summed E-state index contributed by atoms with van der Waals surface area (Å²) < 4.78 is 1.82. The van der Waals surface area contributed by atoms with Gasteiger partial charge >= 0.3 is 0 Å². The van der Waals surface area contributed by atoms with Crippen molar-refractivity contribution in [2.45, 2.75) is 6.54 Å². The molecule has 3 heterocycles. The van der Waals surface area contributed by atoms with Crippen molar-refractivity contribution in [1.82, 2.24) is 24.6 Å². The third kappa shape index (κ3) is 3.86. The maximum absolute atomic E-state index is 13.5. The van der Waals surface area contributed by atoms with Crippen molar-refractivity contribution in [1.29, 1.82) is 0 Å². The molecule has 0 unspecified atom stereocenters. The van der Waals surface area contributed by atoms with Gasteiger partial charge in [-0.1, -0.05) is 36.4 Å². The minimum absolute atomic E-state index is 0.0683. The lowest BCUT2D eigenvalue weighted by atomic mass is 10.0. The Morgan fingerprint density at radius 1 is 0.969 bits per heavy atom. The van der Waals surface area contributed by atoms with Crippen LogP contribution < -0.4 is 0 Å². The van der Waals surface area contributed by atoms with Crippen LogP contribution in [0.25, 0.3) is 27.8 Å². The topological polar surface area (TPSA) is 63.9 Å². The number of nitrogens with zero attached hydrogens (tertiary/aromatic N) is 5. The Labute approximate surface area is 185 Å².